The van der Waals surface area contributed by atoms with E-state index in [0.717, 1.165) is 0 Å². The van der Waals surface area contributed by atoms with Gasteiger partial charge >= 0.3 is 0 Å². The Bertz CT molecular complexity index is 577. The van der Waals surface area contributed by atoms with Crippen molar-refractivity contribution in [1.82, 2.24) is 15.2 Å². The molecule has 0 atom stereocenters. The zero-order valence-electron chi connectivity index (χ0n) is 11.1. The number of aryl methyl sites for hydroxylation is 2. The number of carbonyl (C=O) groups is 2. The minimum Gasteiger partial charge on any atom is -0.354 e. The standard InChI is InChI=1S/C13H17N3O3/c1-8-6-9(2)15-12(18)11(8)13(19)16-5-3-4-14-10(17)7-16/h6H,3-5,7H2,1-2H3,(H,14,17)(H,15,18). The van der Waals surface area contributed by atoms with Crippen molar-refractivity contribution in [2.75, 3.05) is 19.6 Å². The summed E-state index contributed by atoms with van der Waals surface area (Å²) in [6.07, 6.45) is 0.695. The number of nitrogens with one attached hydrogen (secondary N) is 2. The van der Waals surface area contributed by atoms with Crippen LogP contribution >= 0.6 is 0 Å². The van der Waals surface area contributed by atoms with Crippen molar-refractivity contribution in [2.45, 2.75) is 20.3 Å². The Kier molecular flexibility index (Phi) is 3.69. The lowest BCUT2D eigenvalue weighted by Crippen LogP contribution is -2.40. The average molecular weight is 263 g/mol. The van der Waals surface area contributed by atoms with Gasteiger partial charge in [-0.25, -0.2) is 0 Å². The molecular weight excluding hydrogens is 246 g/mol. The second kappa shape index (κ2) is 5.26. The van der Waals surface area contributed by atoms with Crippen LogP contribution in [0.2, 0.25) is 0 Å². The van der Waals surface area contributed by atoms with Gasteiger partial charge in [-0.2, -0.15) is 0 Å². The third-order valence-electron chi connectivity index (χ3n) is 3.13. The molecule has 1 aromatic heterocycles. The van der Waals surface area contributed by atoms with E-state index in [0.29, 0.717) is 30.8 Å². The molecule has 1 aliphatic rings. The van der Waals surface area contributed by atoms with Gasteiger partial charge in [-0.05, 0) is 31.9 Å². The molecule has 2 rings (SSSR count). The van der Waals surface area contributed by atoms with Gasteiger partial charge in [0.1, 0.15) is 5.56 Å². The van der Waals surface area contributed by atoms with Gasteiger partial charge in [-0.15, -0.1) is 0 Å². The second-order valence-corrected chi connectivity index (χ2v) is 4.77. The van der Waals surface area contributed by atoms with Gasteiger partial charge in [0.05, 0.1) is 6.54 Å². The predicted molar refractivity (Wildman–Crippen MR) is 70.1 cm³/mol. The van der Waals surface area contributed by atoms with E-state index in [2.05, 4.69) is 10.3 Å². The van der Waals surface area contributed by atoms with E-state index >= 15 is 0 Å². The number of aromatic nitrogens is 1. The SMILES string of the molecule is Cc1cc(C)c(C(=O)N2CCCNC(=O)C2)c(=O)[nH]1. The molecule has 0 bridgehead atoms. The molecule has 19 heavy (non-hydrogen) atoms. The third kappa shape index (κ3) is 2.83. The molecule has 2 amide bonds. The number of H-pyrrole nitrogens is 1. The van der Waals surface area contributed by atoms with Crippen LogP contribution in [0, 0.1) is 13.8 Å². The fourth-order valence-corrected chi connectivity index (χ4v) is 2.26. The molecule has 0 radical (unpaired) electrons. The maximum absolute atomic E-state index is 12.4. The molecule has 2 N–H and O–H groups in total. The van der Waals surface area contributed by atoms with Crippen molar-refractivity contribution in [3.8, 4) is 0 Å². The first-order valence-electron chi connectivity index (χ1n) is 6.25. The van der Waals surface area contributed by atoms with Crippen molar-refractivity contribution in [3.05, 3.63) is 33.2 Å². The largest absolute Gasteiger partial charge is 0.354 e. The Labute approximate surface area is 110 Å². The summed E-state index contributed by atoms with van der Waals surface area (Å²) in [5.41, 5.74) is 1.08. The highest BCUT2D eigenvalue weighted by Gasteiger charge is 2.24. The van der Waals surface area contributed by atoms with E-state index in [-0.39, 0.29) is 23.9 Å². The summed E-state index contributed by atoms with van der Waals surface area (Å²) in [4.78, 5) is 39.8. The van der Waals surface area contributed by atoms with Crippen molar-refractivity contribution in [1.29, 1.82) is 0 Å². The van der Waals surface area contributed by atoms with Crippen LogP contribution < -0.4 is 10.9 Å². The Hall–Kier alpha value is -2.11. The third-order valence-corrected chi connectivity index (χ3v) is 3.13. The van der Waals surface area contributed by atoms with Gasteiger partial charge in [-0.1, -0.05) is 0 Å². The topological polar surface area (TPSA) is 82.3 Å². The monoisotopic (exact) mass is 263 g/mol. The summed E-state index contributed by atoms with van der Waals surface area (Å²) in [7, 11) is 0. The highest BCUT2D eigenvalue weighted by molar-refractivity contribution is 5.97. The fraction of sp³-hybridized carbons (Fsp3) is 0.462. The maximum atomic E-state index is 12.4. The lowest BCUT2D eigenvalue weighted by Gasteiger charge is -2.19. The summed E-state index contributed by atoms with van der Waals surface area (Å²) in [6, 6.07) is 1.76. The normalized spacial score (nSPS) is 15.9. The number of amides is 2. The van der Waals surface area contributed by atoms with Gasteiger partial charge in [0.15, 0.2) is 0 Å². The van der Waals surface area contributed by atoms with E-state index in [1.165, 1.54) is 4.90 Å². The summed E-state index contributed by atoms with van der Waals surface area (Å²) in [5.74, 6) is -0.567. The first kappa shape index (κ1) is 13.3. The zero-order valence-corrected chi connectivity index (χ0v) is 11.1. The van der Waals surface area contributed by atoms with E-state index in [9.17, 15) is 14.4 Å². The molecule has 102 valence electrons. The Morgan fingerprint density at radius 3 is 2.74 bits per heavy atom. The Balaban J connectivity index is 2.33. The van der Waals surface area contributed by atoms with Crippen LogP contribution in [0.4, 0.5) is 0 Å². The number of rotatable bonds is 1. The Morgan fingerprint density at radius 2 is 2.05 bits per heavy atom. The smallest absolute Gasteiger partial charge is 0.261 e. The quantitative estimate of drug-likeness (QED) is 0.745. The molecule has 0 aromatic carbocycles. The number of pyridine rings is 1. The molecular formula is C13H17N3O3. The highest BCUT2D eigenvalue weighted by Crippen LogP contribution is 2.09. The maximum Gasteiger partial charge on any atom is 0.261 e. The molecule has 0 spiro atoms. The summed E-state index contributed by atoms with van der Waals surface area (Å²) in [6.45, 7) is 4.54. The van der Waals surface area contributed by atoms with Gasteiger partial charge in [0, 0.05) is 18.8 Å². The average Bonchev–Trinajstić information content (AvgIpc) is 2.52. The van der Waals surface area contributed by atoms with Crippen molar-refractivity contribution < 1.29 is 9.59 Å². The molecule has 1 fully saturated rings. The van der Waals surface area contributed by atoms with Crippen molar-refractivity contribution in [2.24, 2.45) is 0 Å². The summed E-state index contributed by atoms with van der Waals surface area (Å²) < 4.78 is 0. The van der Waals surface area contributed by atoms with Crippen molar-refractivity contribution >= 4 is 11.8 Å². The number of carbonyl (C=O) groups excluding carboxylic acids is 2. The van der Waals surface area contributed by atoms with Crippen LogP contribution in [0.15, 0.2) is 10.9 Å². The molecule has 2 heterocycles. The number of nitrogens with zero attached hydrogens (tertiary/aromatic N) is 1. The minimum atomic E-state index is -0.396. The van der Waals surface area contributed by atoms with Crippen LogP contribution in [0.1, 0.15) is 28.0 Å². The molecule has 0 aliphatic carbocycles. The Morgan fingerprint density at radius 1 is 1.32 bits per heavy atom. The van der Waals surface area contributed by atoms with Gasteiger partial charge in [0.2, 0.25) is 5.91 Å². The highest BCUT2D eigenvalue weighted by atomic mass is 16.2. The van der Waals surface area contributed by atoms with Crippen LogP contribution in [0.25, 0.3) is 0 Å². The van der Waals surface area contributed by atoms with Gasteiger partial charge in [-0.3, -0.25) is 14.4 Å². The van der Waals surface area contributed by atoms with Crippen LogP contribution in [-0.4, -0.2) is 41.3 Å². The minimum absolute atomic E-state index is 0.00555. The van der Waals surface area contributed by atoms with Gasteiger partial charge in [0.25, 0.3) is 11.5 Å². The van der Waals surface area contributed by atoms with Crippen molar-refractivity contribution in [3.63, 3.8) is 0 Å². The van der Waals surface area contributed by atoms with E-state index in [1.54, 1.807) is 19.9 Å². The van der Waals surface area contributed by atoms with E-state index in [1.807, 2.05) is 0 Å². The summed E-state index contributed by atoms with van der Waals surface area (Å²) >= 11 is 0. The fourth-order valence-electron chi connectivity index (χ4n) is 2.26. The molecule has 6 heteroatoms. The first-order valence-corrected chi connectivity index (χ1v) is 6.25. The molecule has 1 aromatic rings. The lowest BCUT2D eigenvalue weighted by atomic mass is 10.1. The molecule has 0 saturated carbocycles. The number of hydrogen-bond acceptors (Lipinski definition) is 3. The first-order chi connectivity index (χ1) is 8.99. The van der Waals surface area contributed by atoms with Crippen LogP contribution in [0.5, 0.6) is 0 Å². The number of hydrogen-bond donors (Lipinski definition) is 2. The zero-order chi connectivity index (χ0) is 14.0. The molecule has 1 aliphatic heterocycles. The van der Waals surface area contributed by atoms with Gasteiger partial charge < -0.3 is 15.2 Å². The van der Waals surface area contributed by atoms with Crippen LogP contribution in [0.3, 0.4) is 0 Å². The second-order valence-electron chi connectivity index (χ2n) is 4.77. The van der Waals surface area contributed by atoms with Crippen LogP contribution in [-0.2, 0) is 4.79 Å². The molecule has 0 unspecified atom stereocenters. The summed E-state index contributed by atoms with van der Waals surface area (Å²) in [5, 5.41) is 2.70. The molecule has 6 nitrogen and oxygen atoms in total. The molecule has 1 saturated heterocycles. The predicted octanol–water partition coefficient (Wildman–Crippen LogP) is -0.0462. The lowest BCUT2D eigenvalue weighted by molar-refractivity contribution is -0.121. The van der Waals surface area contributed by atoms with E-state index in [4.69, 9.17) is 0 Å². The number of aromatic amines is 1. The van der Waals surface area contributed by atoms with E-state index < -0.39 is 5.56 Å².